The molecule has 0 saturated heterocycles. The molecule has 0 radical (unpaired) electrons. The predicted molar refractivity (Wildman–Crippen MR) is 60.7 cm³/mol. The first-order valence-corrected chi connectivity index (χ1v) is 4.94. The highest BCUT2D eigenvalue weighted by Gasteiger charge is 2.04. The fourth-order valence-corrected chi connectivity index (χ4v) is 1.27. The average Bonchev–Trinajstić information content (AvgIpc) is 2.07. The number of ether oxygens (including phenoxy) is 1. The molecule has 1 aromatic rings. The fraction of sp³-hybridized carbons (Fsp3) is 0.385. The van der Waals surface area contributed by atoms with Gasteiger partial charge in [0.15, 0.2) is 0 Å². The van der Waals surface area contributed by atoms with Crippen molar-refractivity contribution < 1.29 is 4.74 Å². The van der Waals surface area contributed by atoms with E-state index in [0.717, 1.165) is 17.1 Å². The van der Waals surface area contributed by atoms with Gasteiger partial charge in [-0.1, -0.05) is 32.6 Å². The second kappa shape index (κ2) is 4.32. The highest BCUT2D eigenvalue weighted by atomic mass is 16.5. The van der Waals surface area contributed by atoms with Crippen LogP contribution in [0.25, 0.3) is 0 Å². The fourth-order valence-electron chi connectivity index (χ4n) is 1.27. The van der Waals surface area contributed by atoms with E-state index in [0.29, 0.717) is 5.92 Å². The molecule has 0 amide bonds. The summed E-state index contributed by atoms with van der Waals surface area (Å²) < 4.78 is 5.54. The minimum absolute atomic E-state index is 0.531. The van der Waals surface area contributed by atoms with Crippen LogP contribution in [0.1, 0.15) is 37.8 Å². The summed E-state index contributed by atoms with van der Waals surface area (Å²) in [6.45, 7) is 12.0. The van der Waals surface area contributed by atoms with E-state index in [2.05, 4.69) is 38.6 Å². The first-order chi connectivity index (χ1) is 6.50. The van der Waals surface area contributed by atoms with Gasteiger partial charge in [0.2, 0.25) is 0 Å². The van der Waals surface area contributed by atoms with E-state index >= 15 is 0 Å². The van der Waals surface area contributed by atoms with Gasteiger partial charge in [0.05, 0.1) is 5.76 Å². The molecule has 0 atom stereocenters. The Bertz CT molecular complexity index is 337. The number of allylic oxidation sites excluding steroid dienone is 1. The Balaban J connectivity index is 3.02. The lowest BCUT2D eigenvalue weighted by molar-refractivity contribution is 0.426. The van der Waals surface area contributed by atoms with Crippen molar-refractivity contribution in [2.45, 2.75) is 33.6 Å². The molecule has 1 nitrogen and oxygen atoms in total. The lowest BCUT2D eigenvalue weighted by atomic mass is 10.0. The molecule has 0 aliphatic heterocycles. The molecule has 1 rings (SSSR count). The van der Waals surface area contributed by atoms with E-state index in [1.165, 1.54) is 5.56 Å². The summed E-state index contributed by atoms with van der Waals surface area (Å²) in [5.41, 5.74) is 2.45. The van der Waals surface area contributed by atoms with E-state index in [-0.39, 0.29) is 0 Å². The first kappa shape index (κ1) is 10.8. The Labute approximate surface area is 86.4 Å². The molecule has 0 aliphatic carbocycles. The van der Waals surface area contributed by atoms with Crippen molar-refractivity contribution in [3.63, 3.8) is 0 Å². The molecule has 14 heavy (non-hydrogen) atoms. The summed E-state index contributed by atoms with van der Waals surface area (Å²) in [7, 11) is 0. The van der Waals surface area contributed by atoms with Crippen LogP contribution < -0.4 is 4.74 Å². The molecule has 0 heterocycles. The monoisotopic (exact) mass is 190 g/mol. The SMILES string of the molecule is C=C(C)Oc1cc(C(C)C)ccc1C. The van der Waals surface area contributed by atoms with Crippen molar-refractivity contribution >= 4 is 0 Å². The molecule has 0 saturated carbocycles. The highest BCUT2D eigenvalue weighted by molar-refractivity contribution is 5.38. The maximum atomic E-state index is 5.54. The van der Waals surface area contributed by atoms with Crippen molar-refractivity contribution in [1.29, 1.82) is 0 Å². The number of benzene rings is 1. The van der Waals surface area contributed by atoms with Gasteiger partial charge in [-0.2, -0.15) is 0 Å². The van der Waals surface area contributed by atoms with Gasteiger partial charge in [-0.05, 0) is 37.0 Å². The van der Waals surface area contributed by atoms with Crippen molar-refractivity contribution in [3.8, 4) is 5.75 Å². The zero-order valence-electron chi connectivity index (χ0n) is 9.42. The van der Waals surface area contributed by atoms with Gasteiger partial charge >= 0.3 is 0 Å². The lowest BCUT2D eigenvalue weighted by Crippen LogP contribution is -1.94. The van der Waals surface area contributed by atoms with Gasteiger partial charge in [-0.15, -0.1) is 0 Å². The molecule has 1 heteroatoms. The third-order valence-corrected chi connectivity index (χ3v) is 2.16. The van der Waals surface area contributed by atoms with E-state index in [1.807, 2.05) is 13.8 Å². The number of rotatable bonds is 3. The number of aryl methyl sites for hydroxylation is 1. The summed E-state index contributed by atoms with van der Waals surface area (Å²) in [6.07, 6.45) is 0. The van der Waals surface area contributed by atoms with Crippen molar-refractivity contribution in [2.24, 2.45) is 0 Å². The second-order valence-corrected chi connectivity index (χ2v) is 3.98. The molecule has 0 aliphatic rings. The molecular weight excluding hydrogens is 172 g/mol. The minimum Gasteiger partial charge on any atom is -0.462 e. The molecule has 0 fully saturated rings. The Morgan fingerprint density at radius 3 is 2.50 bits per heavy atom. The summed E-state index contributed by atoms with van der Waals surface area (Å²) in [6, 6.07) is 6.33. The molecular formula is C13H18O. The van der Waals surface area contributed by atoms with Gasteiger partial charge < -0.3 is 4.74 Å². The van der Waals surface area contributed by atoms with Gasteiger partial charge in [0.25, 0.3) is 0 Å². The van der Waals surface area contributed by atoms with E-state index < -0.39 is 0 Å². The van der Waals surface area contributed by atoms with Crippen LogP contribution in [0.15, 0.2) is 30.5 Å². The van der Waals surface area contributed by atoms with Gasteiger partial charge in [-0.25, -0.2) is 0 Å². The zero-order chi connectivity index (χ0) is 10.7. The smallest absolute Gasteiger partial charge is 0.130 e. The number of hydrogen-bond donors (Lipinski definition) is 0. The van der Waals surface area contributed by atoms with Crippen LogP contribution in [-0.4, -0.2) is 0 Å². The normalized spacial score (nSPS) is 10.4. The molecule has 76 valence electrons. The van der Waals surface area contributed by atoms with Crippen molar-refractivity contribution in [2.75, 3.05) is 0 Å². The van der Waals surface area contributed by atoms with E-state index in [1.54, 1.807) is 0 Å². The van der Waals surface area contributed by atoms with E-state index in [9.17, 15) is 0 Å². The van der Waals surface area contributed by atoms with E-state index in [4.69, 9.17) is 4.74 Å². The zero-order valence-corrected chi connectivity index (χ0v) is 9.42. The summed E-state index contributed by atoms with van der Waals surface area (Å²) >= 11 is 0. The maximum absolute atomic E-state index is 5.54. The van der Waals surface area contributed by atoms with Gasteiger partial charge in [0, 0.05) is 0 Å². The molecule has 0 N–H and O–H groups in total. The molecule has 0 bridgehead atoms. The maximum Gasteiger partial charge on any atom is 0.130 e. The van der Waals surface area contributed by atoms with Crippen LogP contribution >= 0.6 is 0 Å². The Morgan fingerprint density at radius 2 is 2.00 bits per heavy atom. The van der Waals surface area contributed by atoms with Crippen LogP contribution in [0.4, 0.5) is 0 Å². The summed E-state index contributed by atoms with van der Waals surface area (Å²) in [4.78, 5) is 0. The highest BCUT2D eigenvalue weighted by Crippen LogP contribution is 2.25. The van der Waals surface area contributed by atoms with Crippen molar-refractivity contribution in [1.82, 2.24) is 0 Å². The van der Waals surface area contributed by atoms with Crippen LogP contribution in [0.2, 0.25) is 0 Å². The van der Waals surface area contributed by atoms with Crippen LogP contribution in [0.5, 0.6) is 5.75 Å². The van der Waals surface area contributed by atoms with Crippen LogP contribution in [0, 0.1) is 6.92 Å². The quantitative estimate of drug-likeness (QED) is 0.654. The molecule has 0 spiro atoms. The minimum atomic E-state index is 0.531. The third kappa shape index (κ3) is 2.63. The summed E-state index contributed by atoms with van der Waals surface area (Å²) in [5, 5.41) is 0. The summed E-state index contributed by atoms with van der Waals surface area (Å²) in [5.74, 6) is 2.18. The Hall–Kier alpha value is -1.24. The van der Waals surface area contributed by atoms with Crippen molar-refractivity contribution in [3.05, 3.63) is 41.7 Å². The average molecular weight is 190 g/mol. The molecule has 0 aromatic heterocycles. The molecule has 1 aromatic carbocycles. The Morgan fingerprint density at radius 1 is 1.36 bits per heavy atom. The van der Waals surface area contributed by atoms with Crippen LogP contribution in [-0.2, 0) is 0 Å². The second-order valence-electron chi connectivity index (χ2n) is 3.98. The molecule has 0 unspecified atom stereocenters. The third-order valence-electron chi connectivity index (χ3n) is 2.16. The first-order valence-electron chi connectivity index (χ1n) is 4.94. The lowest BCUT2D eigenvalue weighted by Gasteiger charge is -2.11. The standard InChI is InChI=1S/C13H18O/c1-9(2)12-7-6-11(5)13(8-12)14-10(3)4/h6-9H,3H2,1-2,4-5H3. The van der Waals surface area contributed by atoms with Crippen LogP contribution in [0.3, 0.4) is 0 Å². The number of hydrogen-bond acceptors (Lipinski definition) is 1. The van der Waals surface area contributed by atoms with Gasteiger partial charge in [-0.3, -0.25) is 0 Å². The predicted octanol–water partition coefficient (Wildman–Crippen LogP) is 4.03. The Kier molecular flexibility index (Phi) is 3.34. The van der Waals surface area contributed by atoms with Gasteiger partial charge in [0.1, 0.15) is 5.75 Å². The topological polar surface area (TPSA) is 9.23 Å². The largest absolute Gasteiger partial charge is 0.462 e.